The quantitative estimate of drug-likeness (QED) is 0.678. The van der Waals surface area contributed by atoms with Crippen molar-refractivity contribution < 1.29 is 23.8 Å². The molecule has 0 saturated heterocycles. The van der Waals surface area contributed by atoms with E-state index in [2.05, 4.69) is 0 Å². The summed E-state index contributed by atoms with van der Waals surface area (Å²) in [4.78, 5) is 23.2. The Morgan fingerprint density at radius 2 is 1.81 bits per heavy atom. The second-order valence-electron chi connectivity index (χ2n) is 4.42. The lowest BCUT2D eigenvalue weighted by molar-refractivity contribution is -0.155. The lowest BCUT2D eigenvalue weighted by atomic mass is 9.99. The molecule has 2 rings (SSSR count). The van der Waals surface area contributed by atoms with Gasteiger partial charge in [-0.2, -0.15) is 0 Å². The third kappa shape index (κ3) is 3.89. The lowest BCUT2D eigenvalue weighted by Gasteiger charge is -2.12. The van der Waals surface area contributed by atoms with Crippen LogP contribution in [0.5, 0.6) is 0 Å². The maximum Gasteiger partial charge on any atom is 0.325 e. The first-order chi connectivity index (χ1) is 10.1. The first kappa shape index (κ1) is 14.7. The van der Waals surface area contributed by atoms with Gasteiger partial charge < -0.3 is 9.84 Å². The molecule has 0 bridgehead atoms. The van der Waals surface area contributed by atoms with E-state index in [0.717, 1.165) is 11.6 Å². The van der Waals surface area contributed by atoms with Crippen molar-refractivity contribution in [3.05, 3.63) is 71.5 Å². The van der Waals surface area contributed by atoms with E-state index in [1.807, 2.05) is 6.07 Å². The molecule has 0 saturated carbocycles. The summed E-state index contributed by atoms with van der Waals surface area (Å²) in [5.41, 5.74) is 0.801. The largest absolute Gasteiger partial charge is 0.480 e. The Labute approximate surface area is 120 Å². The van der Waals surface area contributed by atoms with E-state index in [9.17, 15) is 14.0 Å². The maximum atomic E-state index is 13.2. The van der Waals surface area contributed by atoms with E-state index >= 15 is 0 Å². The monoisotopic (exact) mass is 288 g/mol. The molecule has 0 fully saturated rings. The topological polar surface area (TPSA) is 63.6 Å². The molecular formula is C16H13FO4. The van der Waals surface area contributed by atoms with Gasteiger partial charge in [-0.3, -0.25) is 9.59 Å². The summed E-state index contributed by atoms with van der Waals surface area (Å²) in [6.07, 6.45) is 0. The second-order valence-corrected chi connectivity index (χ2v) is 4.42. The number of carboxylic acids is 1. The van der Waals surface area contributed by atoms with Gasteiger partial charge in [-0.05, 0) is 23.3 Å². The van der Waals surface area contributed by atoms with Gasteiger partial charge in [0.05, 0.1) is 0 Å². The van der Waals surface area contributed by atoms with Gasteiger partial charge in [0.25, 0.3) is 0 Å². The molecule has 0 radical (unpaired) electrons. The zero-order valence-electron chi connectivity index (χ0n) is 11.0. The molecule has 0 aliphatic carbocycles. The van der Waals surface area contributed by atoms with E-state index in [1.54, 1.807) is 24.3 Å². The number of ether oxygens (including phenoxy) is 1. The normalized spacial score (nSPS) is 11.7. The van der Waals surface area contributed by atoms with Gasteiger partial charge in [0.15, 0.2) is 5.92 Å². The van der Waals surface area contributed by atoms with E-state index < -0.39 is 23.7 Å². The predicted octanol–water partition coefficient (Wildman–Crippen LogP) is 2.74. The van der Waals surface area contributed by atoms with Crippen LogP contribution in [0.25, 0.3) is 0 Å². The number of carboxylic acid groups (broad SMARTS) is 1. The zero-order valence-corrected chi connectivity index (χ0v) is 11.0. The van der Waals surface area contributed by atoms with Crippen LogP contribution in [-0.4, -0.2) is 17.0 Å². The van der Waals surface area contributed by atoms with E-state index in [1.165, 1.54) is 18.2 Å². The molecule has 21 heavy (non-hydrogen) atoms. The second kappa shape index (κ2) is 6.65. The number of benzene rings is 2. The van der Waals surface area contributed by atoms with Crippen LogP contribution in [-0.2, 0) is 20.9 Å². The molecule has 0 spiro atoms. The number of halogens is 1. The molecule has 108 valence electrons. The average Bonchev–Trinajstić information content (AvgIpc) is 2.46. The SMILES string of the molecule is O=C(O)C(C(=O)OCc1ccccc1)c1cccc(F)c1. The van der Waals surface area contributed by atoms with Gasteiger partial charge in [0.2, 0.25) is 0 Å². The summed E-state index contributed by atoms with van der Waals surface area (Å²) >= 11 is 0. The van der Waals surface area contributed by atoms with Crippen molar-refractivity contribution in [1.82, 2.24) is 0 Å². The van der Waals surface area contributed by atoms with E-state index in [0.29, 0.717) is 0 Å². The maximum absolute atomic E-state index is 13.2. The van der Waals surface area contributed by atoms with Crippen LogP contribution >= 0.6 is 0 Å². The van der Waals surface area contributed by atoms with Crippen molar-refractivity contribution in [2.24, 2.45) is 0 Å². The fourth-order valence-corrected chi connectivity index (χ4v) is 1.88. The van der Waals surface area contributed by atoms with Crippen molar-refractivity contribution in [3.8, 4) is 0 Å². The summed E-state index contributed by atoms with van der Waals surface area (Å²) in [7, 11) is 0. The Bertz CT molecular complexity index is 640. The summed E-state index contributed by atoms with van der Waals surface area (Å²) in [6, 6.07) is 13.8. The number of carbonyl (C=O) groups excluding carboxylic acids is 1. The fraction of sp³-hybridized carbons (Fsp3) is 0.125. The van der Waals surface area contributed by atoms with Crippen molar-refractivity contribution in [2.45, 2.75) is 12.5 Å². The molecular weight excluding hydrogens is 275 g/mol. The predicted molar refractivity (Wildman–Crippen MR) is 73.0 cm³/mol. The van der Waals surface area contributed by atoms with E-state index in [4.69, 9.17) is 9.84 Å². The number of aliphatic carboxylic acids is 1. The van der Waals surface area contributed by atoms with Crippen molar-refractivity contribution in [2.75, 3.05) is 0 Å². The molecule has 0 aliphatic rings. The molecule has 0 amide bonds. The Morgan fingerprint density at radius 1 is 1.10 bits per heavy atom. The summed E-state index contributed by atoms with van der Waals surface area (Å²) in [5, 5.41) is 9.16. The summed E-state index contributed by atoms with van der Waals surface area (Å²) in [6.45, 7) is -0.0290. The summed E-state index contributed by atoms with van der Waals surface area (Å²) in [5.74, 6) is -4.44. The van der Waals surface area contributed by atoms with E-state index in [-0.39, 0.29) is 12.2 Å². The molecule has 0 aromatic heterocycles. The van der Waals surface area contributed by atoms with Gasteiger partial charge in [-0.25, -0.2) is 4.39 Å². The van der Waals surface area contributed by atoms with Gasteiger partial charge >= 0.3 is 11.9 Å². The van der Waals surface area contributed by atoms with Crippen LogP contribution < -0.4 is 0 Å². The highest BCUT2D eigenvalue weighted by atomic mass is 19.1. The highest BCUT2D eigenvalue weighted by Gasteiger charge is 2.30. The third-order valence-electron chi connectivity index (χ3n) is 2.89. The fourth-order valence-electron chi connectivity index (χ4n) is 1.88. The van der Waals surface area contributed by atoms with Crippen LogP contribution in [0, 0.1) is 5.82 Å². The van der Waals surface area contributed by atoms with Crippen LogP contribution in [0.2, 0.25) is 0 Å². The van der Waals surface area contributed by atoms with Gasteiger partial charge in [-0.15, -0.1) is 0 Å². The molecule has 1 atom stereocenters. The standard InChI is InChI=1S/C16H13FO4/c17-13-8-4-7-12(9-13)14(15(18)19)16(20)21-10-11-5-2-1-3-6-11/h1-9,14H,10H2,(H,18,19). The van der Waals surface area contributed by atoms with Gasteiger partial charge in [0, 0.05) is 0 Å². The van der Waals surface area contributed by atoms with Crippen LogP contribution in [0.4, 0.5) is 4.39 Å². The molecule has 2 aromatic carbocycles. The molecule has 5 heteroatoms. The highest BCUT2D eigenvalue weighted by Crippen LogP contribution is 2.19. The number of hydrogen-bond donors (Lipinski definition) is 1. The Balaban J connectivity index is 2.11. The Kier molecular flexibility index (Phi) is 4.66. The van der Waals surface area contributed by atoms with Crippen molar-refractivity contribution in [3.63, 3.8) is 0 Å². The highest BCUT2D eigenvalue weighted by molar-refractivity contribution is 5.99. The molecule has 0 heterocycles. The summed E-state index contributed by atoms with van der Waals surface area (Å²) < 4.78 is 18.2. The van der Waals surface area contributed by atoms with Crippen molar-refractivity contribution >= 4 is 11.9 Å². The lowest BCUT2D eigenvalue weighted by Crippen LogP contribution is -2.24. The molecule has 1 N–H and O–H groups in total. The molecule has 2 aromatic rings. The molecule has 1 unspecified atom stereocenters. The van der Waals surface area contributed by atoms with Gasteiger partial charge in [-0.1, -0.05) is 42.5 Å². The number of rotatable bonds is 5. The molecule has 4 nitrogen and oxygen atoms in total. The minimum Gasteiger partial charge on any atom is -0.480 e. The first-order valence-electron chi connectivity index (χ1n) is 6.27. The minimum atomic E-state index is -1.54. The first-order valence-corrected chi connectivity index (χ1v) is 6.27. The Hall–Kier alpha value is -2.69. The zero-order chi connectivity index (χ0) is 15.2. The average molecular weight is 288 g/mol. The smallest absolute Gasteiger partial charge is 0.325 e. The molecule has 0 aliphatic heterocycles. The van der Waals surface area contributed by atoms with Gasteiger partial charge in [0.1, 0.15) is 12.4 Å². The Morgan fingerprint density at radius 3 is 2.43 bits per heavy atom. The minimum absolute atomic E-state index is 0.0290. The number of hydrogen-bond acceptors (Lipinski definition) is 3. The van der Waals surface area contributed by atoms with Crippen molar-refractivity contribution in [1.29, 1.82) is 0 Å². The van der Waals surface area contributed by atoms with Crippen LogP contribution in [0.3, 0.4) is 0 Å². The van der Waals surface area contributed by atoms with Crippen LogP contribution in [0.15, 0.2) is 54.6 Å². The number of carbonyl (C=O) groups is 2. The number of esters is 1. The third-order valence-corrected chi connectivity index (χ3v) is 2.89. The van der Waals surface area contributed by atoms with Crippen LogP contribution in [0.1, 0.15) is 17.0 Å².